The van der Waals surface area contributed by atoms with Crippen LogP contribution < -0.4 is 10.6 Å². The number of anilines is 1. The summed E-state index contributed by atoms with van der Waals surface area (Å²) in [5.74, 6) is 1.02. The molecule has 142 valence electrons. The smallest absolute Gasteiger partial charge is 0.409 e. The van der Waals surface area contributed by atoms with Crippen LogP contribution in [0.25, 0.3) is 0 Å². The zero-order valence-electron chi connectivity index (χ0n) is 15.6. The van der Waals surface area contributed by atoms with Gasteiger partial charge in [0.15, 0.2) is 5.11 Å². The predicted molar refractivity (Wildman–Crippen MR) is 104 cm³/mol. The summed E-state index contributed by atoms with van der Waals surface area (Å²) in [6, 6.07) is 1.90. The number of hydrogen-bond donors (Lipinski definition) is 2. The minimum Gasteiger partial charge on any atom is -0.450 e. The van der Waals surface area contributed by atoms with Gasteiger partial charge in [-0.05, 0) is 39.1 Å². The molecule has 9 nitrogen and oxygen atoms in total. The normalized spacial score (nSPS) is 14.8. The van der Waals surface area contributed by atoms with E-state index >= 15 is 0 Å². The molecule has 2 N–H and O–H groups in total. The van der Waals surface area contributed by atoms with E-state index in [0.29, 0.717) is 49.8 Å². The van der Waals surface area contributed by atoms with Crippen molar-refractivity contribution in [2.45, 2.75) is 20.8 Å². The molecule has 0 unspecified atom stereocenters. The van der Waals surface area contributed by atoms with Gasteiger partial charge in [0.05, 0.1) is 6.61 Å². The fourth-order valence-electron chi connectivity index (χ4n) is 2.53. The van der Waals surface area contributed by atoms with E-state index in [1.807, 2.05) is 24.8 Å². The molecular weight excluding hydrogens is 354 g/mol. The number of thiocarbonyl (C=S) groups is 1. The molecule has 1 aromatic rings. The molecule has 26 heavy (non-hydrogen) atoms. The molecule has 1 amide bonds. The molecule has 1 saturated heterocycles. The first-order chi connectivity index (χ1) is 12.4. The average Bonchev–Trinajstić information content (AvgIpc) is 2.60. The summed E-state index contributed by atoms with van der Waals surface area (Å²) in [4.78, 5) is 28.7. The lowest BCUT2D eigenvalue weighted by Crippen LogP contribution is -2.52. The summed E-state index contributed by atoms with van der Waals surface area (Å²) < 4.78 is 5.05. The lowest BCUT2D eigenvalue weighted by molar-refractivity contribution is 0.0920. The summed E-state index contributed by atoms with van der Waals surface area (Å²) in [6.07, 6.45) is -0.290. The van der Waals surface area contributed by atoms with E-state index in [4.69, 9.17) is 17.0 Å². The number of carbonyl (C=O) groups is 1. The van der Waals surface area contributed by atoms with E-state index in [0.717, 1.165) is 11.4 Å². The molecule has 0 spiro atoms. The fourth-order valence-corrected chi connectivity index (χ4v) is 2.61. The molecule has 0 radical (unpaired) electrons. The number of amides is 1. The Labute approximate surface area is 158 Å². The van der Waals surface area contributed by atoms with E-state index in [2.05, 4.69) is 25.6 Å². The molecule has 0 saturated carbocycles. The Bertz CT molecular complexity index is 667. The third-order valence-corrected chi connectivity index (χ3v) is 4.03. The zero-order chi connectivity index (χ0) is 19.1. The van der Waals surface area contributed by atoms with Crippen molar-refractivity contribution in [2.75, 3.05) is 45.2 Å². The van der Waals surface area contributed by atoms with E-state index in [1.54, 1.807) is 18.9 Å². The van der Waals surface area contributed by atoms with E-state index < -0.39 is 0 Å². The van der Waals surface area contributed by atoms with Gasteiger partial charge in [0.25, 0.3) is 0 Å². The molecule has 0 bridgehead atoms. The Kier molecular flexibility index (Phi) is 7.07. The van der Waals surface area contributed by atoms with Gasteiger partial charge in [-0.1, -0.05) is 0 Å². The zero-order valence-corrected chi connectivity index (χ0v) is 16.4. The van der Waals surface area contributed by atoms with Crippen LogP contribution in [-0.4, -0.2) is 76.8 Å². The number of aliphatic imine (C=N–C) groups is 1. The van der Waals surface area contributed by atoms with E-state index in [1.165, 1.54) is 0 Å². The van der Waals surface area contributed by atoms with Crippen LogP contribution in [-0.2, 0) is 4.74 Å². The minimum atomic E-state index is -0.290. The number of nitrogens with zero attached hydrogens (tertiary/aromatic N) is 5. The number of ether oxygens (including phenoxy) is 1. The summed E-state index contributed by atoms with van der Waals surface area (Å²) in [5, 5.41) is 6.35. The third kappa shape index (κ3) is 5.51. The molecule has 0 atom stereocenters. The number of hydrogen-bond acceptors (Lipinski definition) is 5. The first-order valence-electron chi connectivity index (χ1n) is 8.49. The summed E-state index contributed by atoms with van der Waals surface area (Å²) in [6.45, 7) is 8.27. The van der Waals surface area contributed by atoms with Crippen molar-refractivity contribution in [1.29, 1.82) is 0 Å². The number of rotatable bonds is 2. The van der Waals surface area contributed by atoms with Gasteiger partial charge in [-0.15, -0.1) is 0 Å². The maximum atomic E-state index is 11.9. The van der Waals surface area contributed by atoms with Gasteiger partial charge in [0, 0.05) is 44.6 Å². The Hall–Kier alpha value is -2.49. The van der Waals surface area contributed by atoms with Crippen LogP contribution in [0.5, 0.6) is 0 Å². The molecule has 1 aliphatic rings. The third-order valence-electron chi connectivity index (χ3n) is 3.73. The van der Waals surface area contributed by atoms with Crippen LogP contribution in [0.15, 0.2) is 11.1 Å². The second kappa shape index (κ2) is 9.27. The van der Waals surface area contributed by atoms with Gasteiger partial charge in [-0.2, -0.15) is 4.99 Å². The van der Waals surface area contributed by atoms with Gasteiger partial charge in [-0.25, -0.2) is 14.8 Å². The van der Waals surface area contributed by atoms with Crippen molar-refractivity contribution >= 4 is 35.3 Å². The maximum Gasteiger partial charge on any atom is 0.409 e. The van der Waals surface area contributed by atoms with Gasteiger partial charge in [-0.3, -0.25) is 5.32 Å². The number of aryl methyl sites for hydroxylation is 2. The number of piperazine rings is 1. The predicted octanol–water partition coefficient (Wildman–Crippen LogP) is 1.14. The summed E-state index contributed by atoms with van der Waals surface area (Å²) in [5.41, 5.74) is 1.73. The van der Waals surface area contributed by atoms with Gasteiger partial charge in [0.2, 0.25) is 11.9 Å². The molecule has 1 aliphatic heterocycles. The van der Waals surface area contributed by atoms with Crippen molar-refractivity contribution < 1.29 is 9.53 Å². The number of aromatic nitrogens is 2. The first-order valence-corrected chi connectivity index (χ1v) is 8.90. The number of nitrogens with one attached hydrogen (secondary N) is 2. The van der Waals surface area contributed by atoms with Crippen molar-refractivity contribution in [3.63, 3.8) is 0 Å². The molecule has 1 aromatic heterocycles. The van der Waals surface area contributed by atoms with Crippen molar-refractivity contribution in [3.05, 3.63) is 17.5 Å². The Morgan fingerprint density at radius 1 is 1.23 bits per heavy atom. The van der Waals surface area contributed by atoms with Crippen LogP contribution >= 0.6 is 12.2 Å². The fraction of sp³-hybridized carbons (Fsp3) is 0.562. The number of carbonyl (C=O) groups excluding carboxylic acids is 1. The Morgan fingerprint density at radius 2 is 1.81 bits per heavy atom. The average molecular weight is 379 g/mol. The lowest BCUT2D eigenvalue weighted by atomic mass is 10.3. The standard InChI is InChI=1S/C16H25N7O2S/c1-5-25-16(24)23-8-6-22(7-9-23)14(21-15(26)17-4)20-13-18-11(2)10-12(3)19-13/h10H,5-9H2,1-4H3,(H2,17,18,19,20,21,26). The molecule has 2 heterocycles. The molecule has 0 aromatic carbocycles. The quantitative estimate of drug-likeness (QED) is 0.449. The highest BCUT2D eigenvalue weighted by atomic mass is 32.1. The minimum absolute atomic E-state index is 0.290. The van der Waals surface area contributed by atoms with Crippen LogP contribution in [0.1, 0.15) is 18.3 Å². The largest absolute Gasteiger partial charge is 0.450 e. The molecule has 2 rings (SSSR count). The van der Waals surface area contributed by atoms with E-state index in [-0.39, 0.29) is 6.09 Å². The second-order valence-electron chi connectivity index (χ2n) is 5.76. The van der Waals surface area contributed by atoms with Crippen molar-refractivity contribution in [1.82, 2.24) is 25.1 Å². The highest BCUT2D eigenvalue weighted by molar-refractivity contribution is 7.80. The lowest BCUT2D eigenvalue weighted by Gasteiger charge is -2.35. The van der Waals surface area contributed by atoms with Crippen molar-refractivity contribution in [2.24, 2.45) is 4.99 Å². The van der Waals surface area contributed by atoms with E-state index in [9.17, 15) is 4.79 Å². The number of guanidine groups is 1. The Morgan fingerprint density at radius 3 is 2.35 bits per heavy atom. The topological polar surface area (TPSA) is 95.0 Å². The molecule has 0 aliphatic carbocycles. The molecular formula is C16H25N7O2S. The summed E-state index contributed by atoms with van der Waals surface area (Å²) in [7, 11) is 1.72. The van der Waals surface area contributed by atoms with Crippen LogP contribution in [0.4, 0.5) is 10.7 Å². The first kappa shape index (κ1) is 19.8. The highest BCUT2D eigenvalue weighted by Gasteiger charge is 2.24. The Balaban J connectivity index is 2.12. The summed E-state index contributed by atoms with van der Waals surface area (Å²) >= 11 is 5.18. The second-order valence-corrected chi connectivity index (χ2v) is 6.15. The van der Waals surface area contributed by atoms with Crippen LogP contribution in [0.3, 0.4) is 0 Å². The highest BCUT2D eigenvalue weighted by Crippen LogP contribution is 2.09. The SMILES string of the molecule is CCOC(=O)N1CCN(/C(=N\C(=S)NC)Nc2nc(C)cc(C)n2)CC1. The maximum absolute atomic E-state index is 11.9. The molecule has 10 heteroatoms. The molecule has 1 fully saturated rings. The van der Waals surface area contributed by atoms with Crippen molar-refractivity contribution in [3.8, 4) is 0 Å². The van der Waals surface area contributed by atoms with Crippen LogP contribution in [0.2, 0.25) is 0 Å². The van der Waals surface area contributed by atoms with Gasteiger partial charge in [0.1, 0.15) is 0 Å². The van der Waals surface area contributed by atoms with Gasteiger partial charge < -0.3 is 19.9 Å². The van der Waals surface area contributed by atoms with Crippen LogP contribution in [0, 0.1) is 13.8 Å². The monoisotopic (exact) mass is 379 g/mol. The van der Waals surface area contributed by atoms with Gasteiger partial charge >= 0.3 is 6.09 Å².